The molecule has 0 bridgehead atoms. The molecule has 0 heterocycles. The minimum atomic E-state index is -0.836. The number of carbonyl (C=O) groups is 2. The topological polar surface area (TPSA) is 57.6 Å². The number of rotatable bonds is 11. The van der Waals surface area contributed by atoms with E-state index in [1.54, 1.807) is 12.2 Å². The van der Waals surface area contributed by atoms with Crippen LogP contribution < -0.4 is 0 Å². The van der Waals surface area contributed by atoms with Gasteiger partial charge in [0.2, 0.25) is 0 Å². The molecule has 0 fully saturated rings. The molecule has 2 aromatic carbocycles. The number of benzene rings is 2. The lowest BCUT2D eigenvalue weighted by Crippen LogP contribution is -2.40. The normalized spacial score (nSPS) is 12.4. The monoisotopic (exact) mass is 365 g/mol. The molecule has 0 aliphatic rings. The SMILES string of the molecule is CCC(=O)/C=C/CC[C@H](C(=O)O)N(Cc1ccccc1)Cc1ccccc1. The van der Waals surface area contributed by atoms with Crippen LogP contribution in [0, 0.1) is 0 Å². The van der Waals surface area contributed by atoms with E-state index in [1.807, 2.05) is 72.5 Å². The van der Waals surface area contributed by atoms with Crippen LogP contribution in [0.4, 0.5) is 0 Å². The Morgan fingerprint density at radius 3 is 1.93 bits per heavy atom. The van der Waals surface area contributed by atoms with E-state index in [-0.39, 0.29) is 5.78 Å². The van der Waals surface area contributed by atoms with Gasteiger partial charge in [0.25, 0.3) is 0 Å². The fraction of sp³-hybridized carbons (Fsp3) is 0.304. The number of allylic oxidation sites excluding steroid dienone is 2. The van der Waals surface area contributed by atoms with Crippen molar-refractivity contribution < 1.29 is 14.7 Å². The van der Waals surface area contributed by atoms with E-state index in [4.69, 9.17) is 0 Å². The van der Waals surface area contributed by atoms with Gasteiger partial charge in [-0.1, -0.05) is 73.7 Å². The average molecular weight is 365 g/mol. The first kappa shape index (κ1) is 20.6. The first-order valence-electron chi connectivity index (χ1n) is 9.34. The van der Waals surface area contributed by atoms with E-state index in [0.717, 1.165) is 11.1 Å². The van der Waals surface area contributed by atoms with Gasteiger partial charge in [0.1, 0.15) is 6.04 Å². The molecule has 0 aliphatic carbocycles. The number of carboxylic acids is 1. The van der Waals surface area contributed by atoms with Gasteiger partial charge in [-0.05, 0) is 30.0 Å². The van der Waals surface area contributed by atoms with Crippen LogP contribution in [0.5, 0.6) is 0 Å². The molecule has 1 atom stereocenters. The summed E-state index contributed by atoms with van der Waals surface area (Å²) in [5.41, 5.74) is 2.16. The van der Waals surface area contributed by atoms with Crippen molar-refractivity contribution >= 4 is 11.8 Å². The van der Waals surface area contributed by atoms with E-state index in [9.17, 15) is 14.7 Å². The average Bonchev–Trinajstić information content (AvgIpc) is 2.68. The molecule has 142 valence electrons. The van der Waals surface area contributed by atoms with Crippen LogP contribution in [-0.2, 0) is 22.7 Å². The number of carboxylic acid groups (broad SMARTS) is 1. The fourth-order valence-electron chi connectivity index (χ4n) is 2.96. The highest BCUT2D eigenvalue weighted by molar-refractivity contribution is 5.89. The molecule has 0 saturated heterocycles. The summed E-state index contributed by atoms with van der Waals surface area (Å²) in [5, 5.41) is 9.82. The molecule has 0 aromatic heterocycles. The van der Waals surface area contributed by atoms with Gasteiger partial charge in [-0.25, -0.2) is 0 Å². The zero-order valence-corrected chi connectivity index (χ0v) is 15.8. The minimum absolute atomic E-state index is 0.0623. The summed E-state index contributed by atoms with van der Waals surface area (Å²) in [7, 11) is 0. The van der Waals surface area contributed by atoms with E-state index >= 15 is 0 Å². The molecule has 2 aromatic rings. The predicted molar refractivity (Wildman–Crippen MR) is 107 cm³/mol. The number of carbonyl (C=O) groups excluding carboxylic acids is 1. The van der Waals surface area contributed by atoms with Crippen molar-refractivity contribution in [1.29, 1.82) is 0 Å². The molecule has 0 amide bonds. The Kier molecular flexibility index (Phi) is 8.46. The summed E-state index contributed by atoms with van der Waals surface area (Å²) in [5.74, 6) is -0.774. The molecule has 0 saturated carbocycles. The highest BCUT2D eigenvalue weighted by atomic mass is 16.4. The lowest BCUT2D eigenvalue weighted by Gasteiger charge is -2.29. The minimum Gasteiger partial charge on any atom is -0.480 e. The Labute approximate surface area is 161 Å². The quantitative estimate of drug-likeness (QED) is 0.598. The van der Waals surface area contributed by atoms with Crippen molar-refractivity contribution in [1.82, 2.24) is 4.90 Å². The number of nitrogens with zero attached hydrogens (tertiary/aromatic N) is 1. The summed E-state index contributed by atoms with van der Waals surface area (Å²) in [6, 6.07) is 19.2. The van der Waals surface area contributed by atoms with Crippen LogP contribution in [0.3, 0.4) is 0 Å². The van der Waals surface area contributed by atoms with Gasteiger partial charge in [0.15, 0.2) is 5.78 Å². The number of hydrogen-bond donors (Lipinski definition) is 1. The number of hydrogen-bond acceptors (Lipinski definition) is 3. The Balaban J connectivity index is 2.14. The summed E-state index contributed by atoms with van der Waals surface area (Å²) < 4.78 is 0. The van der Waals surface area contributed by atoms with Gasteiger partial charge < -0.3 is 5.11 Å². The number of ketones is 1. The van der Waals surface area contributed by atoms with Gasteiger partial charge in [0.05, 0.1) is 0 Å². The lowest BCUT2D eigenvalue weighted by molar-refractivity contribution is -0.144. The maximum Gasteiger partial charge on any atom is 0.320 e. The molecule has 0 unspecified atom stereocenters. The second kappa shape index (κ2) is 11.1. The fourth-order valence-corrected chi connectivity index (χ4v) is 2.96. The molecule has 1 N–H and O–H groups in total. The van der Waals surface area contributed by atoms with Crippen LogP contribution in [0.25, 0.3) is 0 Å². The number of aliphatic carboxylic acids is 1. The maximum absolute atomic E-state index is 12.0. The van der Waals surface area contributed by atoms with Crippen LogP contribution in [-0.4, -0.2) is 27.8 Å². The van der Waals surface area contributed by atoms with Crippen molar-refractivity contribution in [2.75, 3.05) is 0 Å². The molecule has 4 heteroatoms. The van der Waals surface area contributed by atoms with Crippen LogP contribution >= 0.6 is 0 Å². The predicted octanol–water partition coefficient (Wildman–Crippen LogP) is 4.46. The molecule has 4 nitrogen and oxygen atoms in total. The van der Waals surface area contributed by atoms with Crippen molar-refractivity contribution in [3.8, 4) is 0 Å². The van der Waals surface area contributed by atoms with Crippen LogP contribution in [0.1, 0.15) is 37.3 Å². The standard InChI is InChI=1S/C23H27NO3/c1-2-21(25)15-9-10-16-22(23(26)27)24(17-19-11-5-3-6-12-19)18-20-13-7-4-8-14-20/h3-9,11-15,22H,2,10,16-18H2,1H3,(H,26,27)/b15-9+/t22-/m1/s1. The second-order valence-corrected chi connectivity index (χ2v) is 6.53. The van der Waals surface area contributed by atoms with Gasteiger partial charge in [0, 0.05) is 19.5 Å². The highest BCUT2D eigenvalue weighted by Crippen LogP contribution is 2.17. The molecule has 0 spiro atoms. The highest BCUT2D eigenvalue weighted by Gasteiger charge is 2.25. The third-order valence-electron chi connectivity index (χ3n) is 4.44. The summed E-state index contributed by atoms with van der Waals surface area (Å²) in [6.45, 7) is 2.93. The van der Waals surface area contributed by atoms with Crippen molar-refractivity contribution in [3.05, 3.63) is 83.9 Å². The van der Waals surface area contributed by atoms with Crippen molar-refractivity contribution in [2.24, 2.45) is 0 Å². The van der Waals surface area contributed by atoms with E-state index < -0.39 is 12.0 Å². The molecular formula is C23H27NO3. The zero-order valence-electron chi connectivity index (χ0n) is 15.8. The van der Waals surface area contributed by atoms with Crippen LogP contribution in [0.2, 0.25) is 0 Å². The Hall–Kier alpha value is -2.72. The van der Waals surface area contributed by atoms with Crippen molar-refractivity contribution in [2.45, 2.75) is 45.3 Å². The third kappa shape index (κ3) is 7.19. The first-order valence-corrected chi connectivity index (χ1v) is 9.34. The third-order valence-corrected chi connectivity index (χ3v) is 4.44. The van der Waals surface area contributed by atoms with Gasteiger partial charge >= 0.3 is 5.97 Å². The summed E-state index contributed by atoms with van der Waals surface area (Å²) in [4.78, 5) is 25.4. The first-order chi connectivity index (χ1) is 13.1. The molecular weight excluding hydrogens is 338 g/mol. The summed E-state index contributed by atoms with van der Waals surface area (Å²) in [6.07, 6.45) is 4.82. The molecule has 2 rings (SSSR count). The molecule has 0 aliphatic heterocycles. The van der Waals surface area contributed by atoms with Crippen molar-refractivity contribution in [3.63, 3.8) is 0 Å². The van der Waals surface area contributed by atoms with Crippen LogP contribution in [0.15, 0.2) is 72.8 Å². The van der Waals surface area contributed by atoms with Gasteiger partial charge in [-0.15, -0.1) is 0 Å². The Morgan fingerprint density at radius 2 is 1.48 bits per heavy atom. The Bertz CT molecular complexity index is 699. The largest absolute Gasteiger partial charge is 0.480 e. The molecule has 0 radical (unpaired) electrons. The van der Waals surface area contributed by atoms with E-state index in [1.165, 1.54) is 0 Å². The maximum atomic E-state index is 12.0. The Morgan fingerprint density at radius 1 is 0.963 bits per heavy atom. The summed E-state index contributed by atoms with van der Waals surface area (Å²) >= 11 is 0. The lowest BCUT2D eigenvalue weighted by atomic mass is 10.1. The zero-order chi connectivity index (χ0) is 19.5. The van der Waals surface area contributed by atoms with Gasteiger partial charge in [-0.2, -0.15) is 0 Å². The second-order valence-electron chi connectivity index (χ2n) is 6.53. The van der Waals surface area contributed by atoms with Gasteiger partial charge in [-0.3, -0.25) is 14.5 Å². The smallest absolute Gasteiger partial charge is 0.320 e. The van der Waals surface area contributed by atoms with E-state index in [0.29, 0.717) is 32.4 Å². The molecule has 27 heavy (non-hydrogen) atoms. The van der Waals surface area contributed by atoms with E-state index in [2.05, 4.69) is 0 Å².